The molecular formula is C20H20F2O4. The standard InChI is InChI=1S/C20H20F2O4/c1-2-3-14-25-17-11-7-16(8-12-17)20(21,22)26-18-9-4-15(5-10-18)6-13-19(23)24/h4-13H,2-3,14H2,1H3,(H,23,24). The van der Waals surface area contributed by atoms with Gasteiger partial charge in [-0.1, -0.05) is 25.5 Å². The van der Waals surface area contributed by atoms with Crippen molar-refractivity contribution in [3.8, 4) is 11.5 Å². The van der Waals surface area contributed by atoms with Gasteiger partial charge in [-0.3, -0.25) is 0 Å². The third-order valence-corrected chi connectivity index (χ3v) is 3.50. The number of halogens is 2. The van der Waals surface area contributed by atoms with Crippen LogP contribution in [0.4, 0.5) is 8.78 Å². The molecule has 0 unspecified atom stereocenters. The van der Waals surface area contributed by atoms with E-state index in [9.17, 15) is 13.6 Å². The molecule has 0 aromatic heterocycles. The Morgan fingerprint density at radius 2 is 1.69 bits per heavy atom. The summed E-state index contributed by atoms with van der Waals surface area (Å²) in [6, 6.07) is 11.2. The monoisotopic (exact) mass is 362 g/mol. The molecule has 0 bridgehead atoms. The molecule has 0 heterocycles. The first-order valence-corrected chi connectivity index (χ1v) is 8.22. The van der Waals surface area contributed by atoms with Gasteiger partial charge in [-0.25, -0.2) is 4.79 Å². The Hall–Kier alpha value is -2.89. The van der Waals surface area contributed by atoms with Gasteiger partial charge in [-0.15, -0.1) is 0 Å². The fourth-order valence-corrected chi connectivity index (χ4v) is 2.10. The molecule has 6 heteroatoms. The first-order chi connectivity index (χ1) is 12.4. The predicted molar refractivity (Wildman–Crippen MR) is 94.5 cm³/mol. The number of hydrogen-bond donors (Lipinski definition) is 1. The third-order valence-electron chi connectivity index (χ3n) is 3.50. The van der Waals surface area contributed by atoms with Gasteiger partial charge in [0, 0.05) is 6.08 Å². The van der Waals surface area contributed by atoms with Crippen LogP contribution in [0.5, 0.6) is 11.5 Å². The van der Waals surface area contributed by atoms with Gasteiger partial charge in [0.05, 0.1) is 12.2 Å². The molecule has 0 atom stereocenters. The van der Waals surface area contributed by atoms with Crippen molar-refractivity contribution in [1.82, 2.24) is 0 Å². The zero-order valence-corrected chi connectivity index (χ0v) is 14.3. The van der Waals surface area contributed by atoms with E-state index < -0.39 is 12.1 Å². The van der Waals surface area contributed by atoms with Gasteiger partial charge >= 0.3 is 12.1 Å². The number of benzene rings is 2. The van der Waals surface area contributed by atoms with E-state index in [1.807, 2.05) is 6.92 Å². The molecular weight excluding hydrogens is 342 g/mol. The number of hydrogen-bond acceptors (Lipinski definition) is 3. The molecule has 0 aliphatic heterocycles. The average molecular weight is 362 g/mol. The highest BCUT2D eigenvalue weighted by Crippen LogP contribution is 2.32. The molecule has 0 saturated carbocycles. The predicted octanol–water partition coefficient (Wildman–Crippen LogP) is 5.09. The Balaban J connectivity index is 2.02. The minimum atomic E-state index is -3.50. The fraction of sp³-hybridized carbons (Fsp3) is 0.250. The van der Waals surface area contributed by atoms with Crippen molar-refractivity contribution in [3.63, 3.8) is 0 Å². The van der Waals surface area contributed by atoms with Gasteiger partial charge in [0.2, 0.25) is 0 Å². The molecule has 138 valence electrons. The van der Waals surface area contributed by atoms with E-state index in [0.717, 1.165) is 18.9 Å². The van der Waals surface area contributed by atoms with Gasteiger partial charge in [-0.05, 0) is 54.5 Å². The Kier molecular flexibility index (Phi) is 6.72. The first-order valence-electron chi connectivity index (χ1n) is 8.22. The van der Waals surface area contributed by atoms with Gasteiger partial charge in [0.25, 0.3) is 0 Å². The minimum absolute atomic E-state index is 0.0225. The molecule has 1 N–H and O–H groups in total. The summed E-state index contributed by atoms with van der Waals surface area (Å²) in [4.78, 5) is 10.5. The zero-order valence-electron chi connectivity index (χ0n) is 14.3. The Bertz CT molecular complexity index is 737. The maximum absolute atomic E-state index is 14.3. The topological polar surface area (TPSA) is 55.8 Å². The lowest BCUT2D eigenvalue weighted by Crippen LogP contribution is -2.21. The molecule has 0 aliphatic rings. The molecule has 2 aromatic rings. The second kappa shape index (κ2) is 8.99. The largest absolute Gasteiger partial charge is 0.494 e. The van der Waals surface area contributed by atoms with Crippen LogP contribution < -0.4 is 9.47 Å². The second-order valence-corrected chi connectivity index (χ2v) is 5.59. The summed E-state index contributed by atoms with van der Waals surface area (Å²) in [7, 11) is 0. The average Bonchev–Trinajstić information content (AvgIpc) is 2.61. The van der Waals surface area contributed by atoms with E-state index in [0.29, 0.717) is 17.9 Å². The van der Waals surface area contributed by atoms with Crippen LogP contribution in [-0.4, -0.2) is 17.7 Å². The normalized spacial score (nSPS) is 11.5. The highest BCUT2D eigenvalue weighted by atomic mass is 19.3. The molecule has 0 saturated heterocycles. The number of unbranched alkanes of at least 4 members (excludes halogenated alkanes) is 1. The Morgan fingerprint density at radius 3 is 2.27 bits per heavy atom. The van der Waals surface area contributed by atoms with Crippen molar-refractivity contribution in [3.05, 3.63) is 65.7 Å². The lowest BCUT2D eigenvalue weighted by Gasteiger charge is -2.18. The number of aliphatic carboxylic acids is 1. The second-order valence-electron chi connectivity index (χ2n) is 5.59. The van der Waals surface area contributed by atoms with E-state index in [1.165, 1.54) is 54.6 Å². The molecule has 0 aliphatic carbocycles. The maximum atomic E-state index is 14.3. The Morgan fingerprint density at radius 1 is 1.08 bits per heavy atom. The van der Waals surface area contributed by atoms with Crippen molar-refractivity contribution in [1.29, 1.82) is 0 Å². The zero-order chi connectivity index (χ0) is 19.0. The van der Waals surface area contributed by atoms with Gasteiger partial charge < -0.3 is 14.6 Å². The first kappa shape index (κ1) is 19.4. The van der Waals surface area contributed by atoms with Crippen LogP contribution in [0.25, 0.3) is 6.08 Å². The van der Waals surface area contributed by atoms with Crippen molar-refractivity contribution in [2.24, 2.45) is 0 Å². The van der Waals surface area contributed by atoms with E-state index in [-0.39, 0.29) is 11.3 Å². The molecule has 4 nitrogen and oxygen atoms in total. The van der Waals surface area contributed by atoms with Crippen LogP contribution in [0.3, 0.4) is 0 Å². The number of carboxylic acid groups (broad SMARTS) is 1. The Labute approximate surface area is 150 Å². The minimum Gasteiger partial charge on any atom is -0.494 e. The van der Waals surface area contributed by atoms with Crippen molar-refractivity contribution >= 4 is 12.0 Å². The van der Waals surface area contributed by atoms with Crippen LogP contribution in [0.2, 0.25) is 0 Å². The summed E-state index contributed by atoms with van der Waals surface area (Å²) in [5, 5.41) is 8.57. The molecule has 26 heavy (non-hydrogen) atoms. The number of rotatable bonds is 9. The summed E-state index contributed by atoms with van der Waals surface area (Å²) >= 11 is 0. The summed E-state index contributed by atoms with van der Waals surface area (Å²) in [5.74, 6) is -0.572. The van der Waals surface area contributed by atoms with Crippen LogP contribution in [0, 0.1) is 0 Å². The van der Waals surface area contributed by atoms with Crippen LogP contribution in [0.15, 0.2) is 54.6 Å². The quantitative estimate of drug-likeness (QED) is 0.499. The van der Waals surface area contributed by atoms with Crippen molar-refractivity contribution < 1.29 is 28.2 Å². The van der Waals surface area contributed by atoms with E-state index in [1.54, 1.807) is 0 Å². The molecule has 2 rings (SSSR count). The van der Waals surface area contributed by atoms with Crippen molar-refractivity contribution in [2.75, 3.05) is 6.61 Å². The van der Waals surface area contributed by atoms with Crippen LogP contribution in [0.1, 0.15) is 30.9 Å². The summed E-state index contributed by atoms with van der Waals surface area (Å²) in [6.07, 6.45) is 0.726. The highest BCUT2D eigenvalue weighted by Gasteiger charge is 2.34. The summed E-state index contributed by atoms with van der Waals surface area (Å²) in [6.45, 7) is 2.59. The highest BCUT2D eigenvalue weighted by molar-refractivity contribution is 5.85. The van der Waals surface area contributed by atoms with Gasteiger partial charge in [-0.2, -0.15) is 8.78 Å². The van der Waals surface area contributed by atoms with E-state index in [4.69, 9.17) is 14.6 Å². The number of alkyl halides is 2. The van der Waals surface area contributed by atoms with Crippen LogP contribution >= 0.6 is 0 Å². The fourth-order valence-electron chi connectivity index (χ4n) is 2.10. The third kappa shape index (κ3) is 5.88. The number of ether oxygens (including phenoxy) is 2. The van der Waals surface area contributed by atoms with E-state index >= 15 is 0 Å². The summed E-state index contributed by atoms with van der Waals surface area (Å²) in [5.41, 5.74) is 0.284. The van der Waals surface area contributed by atoms with E-state index in [2.05, 4.69) is 0 Å². The number of carboxylic acids is 1. The maximum Gasteiger partial charge on any atom is 0.426 e. The lowest BCUT2D eigenvalue weighted by molar-refractivity contribution is -0.185. The van der Waals surface area contributed by atoms with Crippen LogP contribution in [-0.2, 0) is 10.9 Å². The molecule has 0 amide bonds. The number of carbonyl (C=O) groups is 1. The molecule has 0 spiro atoms. The molecule has 0 radical (unpaired) electrons. The lowest BCUT2D eigenvalue weighted by atomic mass is 10.2. The smallest absolute Gasteiger partial charge is 0.426 e. The SMILES string of the molecule is CCCCOc1ccc(C(F)(F)Oc2ccc(C=CC(=O)O)cc2)cc1. The van der Waals surface area contributed by atoms with Gasteiger partial charge in [0.1, 0.15) is 11.5 Å². The molecule has 2 aromatic carbocycles. The summed E-state index contributed by atoms with van der Waals surface area (Å²) < 4.78 is 38.8. The molecule has 0 fully saturated rings. The van der Waals surface area contributed by atoms with Crippen molar-refractivity contribution in [2.45, 2.75) is 25.9 Å². The van der Waals surface area contributed by atoms with Gasteiger partial charge in [0.15, 0.2) is 0 Å².